The number of methoxy groups -OCH3 is 2. The molecule has 0 saturated carbocycles. The number of benzene rings is 1. The molecule has 3 rings (SSSR count). The van der Waals surface area contributed by atoms with Crippen molar-refractivity contribution in [3.8, 4) is 22.8 Å². The molecule has 0 aliphatic carbocycles. The number of nitrogens with one attached hydrogen (secondary N) is 3. The molecule has 0 radical (unpaired) electrons. The molecule has 1 aromatic carbocycles. The summed E-state index contributed by atoms with van der Waals surface area (Å²) in [5.74, 6) is 2.42. The van der Waals surface area contributed by atoms with Gasteiger partial charge in [-0.2, -0.15) is 5.10 Å². The van der Waals surface area contributed by atoms with E-state index in [1.54, 1.807) is 14.2 Å². The van der Waals surface area contributed by atoms with Crippen LogP contribution in [0.15, 0.2) is 24.3 Å². The third kappa shape index (κ3) is 2.95. The van der Waals surface area contributed by atoms with Crippen LogP contribution in [0.2, 0.25) is 0 Å². The lowest BCUT2D eigenvalue weighted by molar-refractivity contribution is 0.404. The second-order valence-corrected chi connectivity index (χ2v) is 5.07. The zero-order valence-electron chi connectivity index (χ0n) is 12.3. The van der Waals surface area contributed by atoms with Crippen LogP contribution in [0.1, 0.15) is 6.42 Å². The highest BCUT2D eigenvalue weighted by atomic mass is 16.5. The minimum atomic E-state index is 0.438. The van der Waals surface area contributed by atoms with Crippen LogP contribution in [0, 0.1) is 0 Å². The molecule has 1 fully saturated rings. The van der Waals surface area contributed by atoms with Gasteiger partial charge in [-0.05, 0) is 31.2 Å². The quantitative estimate of drug-likeness (QED) is 0.783. The summed E-state index contributed by atoms with van der Waals surface area (Å²) in [5.41, 5.74) is 1.83. The second-order valence-electron chi connectivity index (χ2n) is 5.07. The molecule has 6 heteroatoms. The Labute approximate surface area is 123 Å². The topological polar surface area (TPSA) is 71.2 Å². The summed E-state index contributed by atoms with van der Waals surface area (Å²) in [6, 6.07) is 8.14. The van der Waals surface area contributed by atoms with Crippen LogP contribution in [-0.4, -0.2) is 43.5 Å². The zero-order valence-corrected chi connectivity index (χ0v) is 12.3. The molecule has 3 N–H and O–H groups in total. The van der Waals surface area contributed by atoms with Crippen molar-refractivity contribution >= 4 is 5.82 Å². The molecule has 1 aliphatic heterocycles. The molecule has 0 amide bonds. The molecular weight excluding hydrogens is 268 g/mol. The van der Waals surface area contributed by atoms with Crippen molar-refractivity contribution in [3.05, 3.63) is 24.3 Å². The van der Waals surface area contributed by atoms with Crippen LogP contribution in [0.25, 0.3) is 11.3 Å². The van der Waals surface area contributed by atoms with Gasteiger partial charge in [-0.15, -0.1) is 0 Å². The first-order valence-electron chi connectivity index (χ1n) is 7.05. The van der Waals surface area contributed by atoms with Gasteiger partial charge in [-0.1, -0.05) is 0 Å². The SMILES string of the molecule is COc1ccc(OC)c(-c2cc(NC3CCNC3)n[nH]2)c1. The number of hydrogen-bond acceptors (Lipinski definition) is 5. The van der Waals surface area contributed by atoms with Crippen molar-refractivity contribution in [1.29, 1.82) is 0 Å². The number of nitrogens with zero attached hydrogens (tertiary/aromatic N) is 1. The fourth-order valence-corrected chi connectivity index (χ4v) is 2.55. The molecule has 0 bridgehead atoms. The number of rotatable bonds is 5. The van der Waals surface area contributed by atoms with Gasteiger partial charge in [0.1, 0.15) is 17.3 Å². The van der Waals surface area contributed by atoms with E-state index in [4.69, 9.17) is 9.47 Å². The third-order valence-electron chi connectivity index (χ3n) is 3.69. The number of H-pyrrole nitrogens is 1. The van der Waals surface area contributed by atoms with Gasteiger partial charge in [0.25, 0.3) is 0 Å². The molecule has 6 nitrogen and oxygen atoms in total. The monoisotopic (exact) mass is 288 g/mol. The summed E-state index contributed by atoms with van der Waals surface area (Å²) in [6.45, 7) is 2.03. The van der Waals surface area contributed by atoms with E-state index in [0.717, 1.165) is 48.1 Å². The predicted octanol–water partition coefficient (Wildman–Crippen LogP) is 1.87. The molecule has 1 aromatic heterocycles. The highest BCUT2D eigenvalue weighted by molar-refractivity contribution is 5.71. The van der Waals surface area contributed by atoms with Gasteiger partial charge in [0, 0.05) is 24.2 Å². The number of hydrogen-bond donors (Lipinski definition) is 3. The van der Waals surface area contributed by atoms with E-state index in [0.29, 0.717) is 6.04 Å². The Hall–Kier alpha value is -2.21. The van der Waals surface area contributed by atoms with Gasteiger partial charge < -0.3 is 20.1 Å². The summed E-state index contributed by atoms with van der Waals surface area (Å²) in [7, 11) is 3.31. The summed E-state index contributed by atoms with van der Waals surface area (Å²) in [5, 5.41) is 14.1. The number of aromatic amines is 1. The molecule has 1 aliphatic rings. The largest absolute Gasteiger partial charge is 0.497 e. The number of anilines is 1. The van der Waals surface area contributed by atoms with Crippen molar-refractivity contribution in [2.75, 3.05) is 32.6 Å². The fraction of sp³-hybridized carbons (Fsp3) is 0.400. The maximum Gasteiger partial charge on any atom is 0.148 e. The standard InChI is InChI=1S/C15H20N4O2/c1-20-11-3-4-14(21-2)12(7-11)13-8-15(19-18-13)17-10-5-6-16-9-10/h3-4,7-8,10,16H,5-6,9H2,1-2H3,(H2,17,18,19). The van der Waals surface area contributed by atoms with E-state index >= 15 is 0 Å². The molecule has 2 heterocycles. The molecule has 21 heavy (non-hydrogen) atoms. The van der Waals surface area contributed by atoms with Gasteiger partial charge in [0.15, 0.2) is 0 Å². The average molecular weight is 288 g/mol. The Morgan fingerprint density at radius 2 is 2.14 bits per heavy atom. The van der Waals surface area contributed by atoms with E-state index in [1.165, 1.54) is 0 Å². The van der Waals surface area contributed by atoms with Crippen molar-refractivity contribution in [3.63, 3.8) is 0 Å². The van der Waals surface area contributed by atoms with E-state index in [2.05, 4.69) is 20.8 Å². The minimum absolute atomic E-state index is 0.438. The van der Waals surface area contributed by atoms with Crippen LogP contribution in [0.3, 0.4) is 0 Å². The lowest BCUT2D eigenvalue weighted by Gasteiger charge is -2.09. The van der Waals surface area contributed by atoms with Crippen molar-refractivity contribution in [1.82, 2.24) is 15.5 Å². The van der Waals surface area contributed by atoms with Gasteiger partial charge in [0.05, 0.1) is 19.9 Å². The lowest BCUT2D eigenvalue weighted by Crippen LogP contribution is -2.22. The summed E-state index contributed by atoms with van der Waals surface area (Å²) >= 11 is 0. The zero-order chi connectivity index (χ0) is 14.7. The maximum absolute atomic E-state index is 5.41. The van der Waals surface area contributed by atoms with Crippen LogP contribution in [0.5, 0.6) is 11.5 Å². The first-order valence-corrected chi connectivity index (χ1v) is 7.05. The van der Waals surface area contributed by atoms with Crippen molar-refractivity contribution in [2.24, 2.45) is 0 Å². The Kier molecular flexibility index (Phi) is 3.96. The minimum Gasteiger partial charge on any atom is -0.497 e. The van der Waals surface area contributed by atoms with Gasteiger partial charge >= 0.3 is 0 Å². The van der Waals surface area contributed by atoms with Crippen LogP contribution >= 0.6 is 0 Å². The van der Waals surface area contributed by atoms with Crippen LogP contribution < -0.4 is 20.1 Å². The second kappa shape index (κ2) is 6.05. The van der Waals surface area contributed by atoms with E-state index in [1.807, 2.05) is 24.3 Å². The highest BCUT2D eigenvalue weighted by Crippen LogP contribution is 2.33. The van der Waals surface area contributed by atoms with E-state index in [9.17, 15) is 0 Å². The smallest absolute Gasteiger partial charge is 0.148 e. The van der Waals surface area contributed by atoms with Gasteiger partial charge in [-0.3, -0.25) is 5.10 Å². The predicted molar refractivity (Wildman–Crippen MR) is 82.0 cm³/mol. The summed E-state index contributed by atoms with van der Waals surface area (Å²) in [4.78, 5) is 0. The van der Waals surface area contributed by atoms with Gasteiger partial charge in [0.2, 0.25) is 0 Å². The molecule has 112 valence electrons. The summed E-state index contributed by atoms with van der Waals surface area (Å²) < 4.78 is 10.7. The Bertz CT molecular complexity index is 605. The number of ether oxygens (including phenoxy) is 2. The molecule has 2 aromatic rings. The fourth-order valence-electron chi connectivity index (χ4n) is 2.55. The highest BCUT2D eigenvalue weighted by Gasteiger charge is 2.16. The third-order valence-corrected chi connectivity index (χ3v) is 3.69. The van der Waals surface area contributed by atoms with Crippen LogP contribution in [-0.2, 0) is 0 Å². The van der Waals surface area contributed by atoms with Crippen LogP contribution in [0.4, 0.5) is 5.82 Å². The van der Waals surface area contributed by atoms with E-state index in [-0.39, 0.29) is 0 Å². The summed E-state index contributed by atoms with van der Waals surface area (Å²) in [6.07, 6.45) is 1.12. The Morgan fingerprint density at radius 1 is 1.24 bits per heavy atom. The first-order chi connectivity index (χ1) is 10.3. The van der Waals surface area contributed by atoms with Crippen molar-refractivity contribution < 1.29 is 9.47 Å². The van der Waals surface area contributed by atoms with E-state index < -0.39 is 0 Å². The van der Waals surface area contributed by atoms with Gasteiger partial charge in [-0.25, -0.2) is 0 Å². The first kappa shape index (κ1) is 13.8. The number of aromatic nitrogens is 2. The van der Waals surface area contributed by atoms with Crippen molar-refractivity contribution in [2.45, 2.75) is 12.5 Å². The molecular formula is C15H20N4O2. The maximum atomic E-state index is 5.41. The molecule has 1 atom stereocenters. The lowest BCUT2D eigenvalue weighted by atomic mass is 10.1. The molecule has 1 saturated heterocycles. The molecule has 0 spiro atoms. The average Bonchev–Trinajstić information content (AvgIpc) is 3.19. The Balaban J connectivity index is 1.84. The normalized spacial score (nSPS) is 17.7. The molecule has 1 unspecified atom stereocenters. The Morgan fingerprint density at radius 3 is 2.86 bits per heavy atom.